The third-order valence-corrected chi connectivity index (χ3v) is 6.97. The molecule has 5 rings (SSSR count). The Morgan fingerprint density at radius 3 is 2.54 bits per heavy atom. The van der Waals surface area contributed by atoms with Gasteiger partial charge in [0.1, 0.15) is 17.6 Å². The van der Waals surface area contributed by atoms with Gasteiger partial charge in [-0.25, -0.2) is 9.07 Å². The van der Waals surface area contributed by atoms with Gasteiger partial charge in [-0.3, -0.25) is 9.97 Å². The number of pyridine rings is 2. The van der Waals surface area contributed by atoms with Crippen LogP contribution in [0.25, 0.3) is 10.9 Å². The molecule has 0 saturated carbocycles. The van der Waals surface area contributed by atoms with Gasteiger partial charge in [0.2, 0.25) is 0 Å². The van der Waals surface area contributed by atoms with Gasteiger partial charge in [0.15, 0.2) is 0 Å². The van der Waals surface area contributed by atoms with Crippen LogP contribution in [0.4, 0.5) is 21.5 Å². The topological polar surface area (TPSA) is 104 Å². The van der Waals surface area contributed by atoms with E-state index in [2.05, 4.69) is 52.9 Å². The van der Waals surface area contributed by atoms with Crippen molar-refractivity contribution < 1.29 is 4.39 Å². The van der Waals surface area contributed by atoms with Crippen LogP contribution in [0.1, 0.15) is 42.8 Å². The molecule has 0 aliphatic rings. The first-order valence-corrected chi connectivity index (χ1v) is 13.3. The van der Waals surface area contributed by atoms with Crippen molar-refractivity contribution in [1.29, 1.82) is 5.26 Å². The van der Waals surface area contributed by atoms with E-state index in [1.165, 1.54) is 24.4 Å². The first-order chi connectivity index (χ1) is 18.7. The van der Waals surface area contributed by atoms with E-state index in [9.17, 15) is 9.65 Å². The molecule has 12 heteroatoms. The number of hydrogen-bond acceptors (Lipinski definition) is 7. The quantitative estimate of drug-likeness (QED) is 0.190. The van der Waals surface area contributed by atoms with Crippen molar-refractivity contribution in [1.82, 2.24) is 25.0 Å². The SMILES string of the molecule is CC(C)n1cc(C(Nc2cc(Cl)c3ncc(C#N)c(Nc4ccc(F)c(Cl)c4)c3c2)c2cncc(Br)c2)nn1. The van der Waals surface area contributed by atoms with Crippen LogP contribution in [0.2, 0.25) is 10.0 Å². The molecule has 0 radical (unpaired) electrons. The third-order valence-electron chi connectivity index (χ3n) is 5.96. The third kappa shape index (κ3) is 5.66. The predicted octanol–water partition coefficient (Wildman–Crippen LogP) is 7.83. The smallest absolute Gasteiger partial charge is 0.141 e. The van der Waals surface area contributed by atoms with Gasteiger partial charge in [-0.15, -0.1) is 5.10 Å². The zero-order valence-corrected chi connectivity index (χ0v) is 23.7. The van der Waals surface area contributed by atoms with Crippen LogP contribution in [0.5, 0.6) is 0 Å². The Balaban J connectivity index is 1.62. The number of anilines is 3. The molecule has 3 aromatic heterocycles. The Labute approximate surface area is 241 Å². The summed E-state index contributed by atoms with van der Waals surface area (Å²) in [5.74, 6) is -0.542. The Bertz CT molecular complexity index is 1730. The number of halogens is 4. The number of fused-ring (bicyclic) bond motifs is 1. The number of nitrogens with one attached hydrogen (secondary N) is 2. The Morgan fingerprint density at radius 1 is 1.05 bits per heavy atom. The molecule has 196 valence electrons. The number of nitrogens with zero attached hydrogens (tertiary/aromatic N) is 6. The van der Waals surface area contributed by atoms with Crippen molar-refractivity contribution in [3.63, 3.8) is 0 Å². The maximum absolute atomic E-state index is 13.7. The van der Waals surface area contributed by atoms with Gasteiger partial charge in [0.05, 0.1) is 39.1 Å². The van der Waals surface area contributed by atoms with Gasteiger partial charge in [0, 0.05) is 45.9 Å². The molecule has 0 spiro atoms. The average Bonchev–Trinajstić information content (AvgIpc) is 3.40. The number of benzene rings is 2. The fourth-order valence-electron chi connectivity index (χ4n) is 4.04. The van der Waals surface area contributed by atoms with Crippen LogP contribution in [0.15, 0.2) is 65.7 Å². The fourth-order valence-corrected chi connectivity index (χ4v) is 4.87. The van der Waals surface area contributed by atoms with Gasteiger partial charge >= 0.3 is 0 Å². The second-order valence-electron chi connectivity index (χ2n) is 9.00. The molecule has 0 fully saturated rings. The first-order valence-electron chi connectivity index (χ1n) is 11.8. The van der Waals surface area contributed by atoms with Crippen molar-refractivity contribution in [2.75, 3.05) is 10.6 Å². The highest BCUT2D eigenvalue weighted by atomic mass is 79.9. The second kappa shape index (κ2) is 11.1. The minimum absolute atomic E-state index is 0.0443. The van der Waals surface area contributed by atoms with Crippen LogP contribution in [-0.4, -0.2) is 25.0 Å². The van der Waals surface area contributed by atoms with Crippen LogP contribution in [0.3, 0.4) is 0 Å². The molecule has 0 aliphatic heterocycles. The highest BCUT2D eigenvalue weighted by Crippen LogP contribution is 2.37. The molecule has 3 heterocycles. The van der Waals surface area contributed by atoms with Crippen molar-refractivity contribution in [3.8, 4) is 6.07 Å². The molecular weight excluding hydrogens is 606 g/mol. The standard InChI is InChI=1S/C27H20BrCl2FN8/c1-14(2)39-13-24(37-38-39)26(15-5-17(28)12-33-10-15)36-19-6-20-25(35-18-3-4-23(31)21(29)7-18)16(9-32)11-34-27(20)22(30)8-19/h3-8,10-14,26,36H,1-2H3,(H,34,35). The van der Waals surface area contributed by atoms with Gasteiger partial charge in [-0.1, -0.05) is 28.4 Å². The molecule has 1 atom stereocenters. The Morgan fingerprint density at radius 2 is 1.85 bits per heavy atom. The molecule has 1 unspecified atom stereocenters. The predicted molar refractivity (Wildman–Crippen MR) is 154 cm³/mol. The Hall–Kier alpha value is -3.78. The minimum atomic E-state index is -0.542. The number of hydrogen-bond donors (Lipinski definition) is 2. The summed E-state index contributed by atoms with van der Waals surface area (Å²) < 4.78 is 16.3. The molecule has 39 heavy (non-hydrogen) atoms. The van der Waals surface area contributed by atoms with E-state index < -0.39 is 11.9 Å². The molecule has 0 amide bonds. The van der Waals surface area contributed by atoms with E-state index in [-0.39, 0.29) is 16.6 Å². The van der Waals surface area contributed by atoms with E-state index >= 15 is 0 Å². The normalized spacial score (nSPS) is 11.9. The Kier molecular flexibility index (Phi) is 7.66. The van der Waals surface area contributed by atoms with Gasteiger partial charge in [0.25, 0.3) is 0 Å². The number of nitriles is 1. The lowest BCUT2D eigenvalue weighted by molar-refractivity contribution is 0.514. The lowest BCUT2D eigenvalue weighted by Crippen LogP contribution is -2.13. The van der Waals surface area contributed by atoms with E-state index in [0.29, 0.717) is 38.7 Å². The lowest BCUT2D eigenvalue weighted by Gasteiger charge is -2.20. The summed E-state index contributed by atoms with van der Waals surface area (Å²) in [6.07, 6.45) is 6.77. The second-order valence-corrected chi connectivity index (χ2v) is 10.7. The molecule has 2 aromatic carbocycles. The highest BCUT2D eigenvalue weighted by Gasteiger charge is 2.21. The summed E-state index contributed by atoms with van der Waals surface area (Å²) in [6.45, 7) is 4.04. The molecule has 0 saturated heterocycles. The van der Waals surface area contributed by atoms with E-state index in [4.69, 9.17) is 23.2 Å². The van der Waals surface area contributed by atoms with Crippen LogP contribution in [0, 0.1) is 17.1 Å². The molecule has 2 N–H and O–H groups in total. The van der Waals surface area contributed by atoms with Gasteiger partial charge in [-0.2, -0.15) is 5.26 Å². The monoisotopic (exact) mass is 624 g/mol. The maximum atomic E-state index is 13.7. The van der Waals surface area contributed by atoms with E-state index in [1.807, 2.05) is 32.2 Å². The molecule has 5 aromatic rings. The first kappa shape index (κ1) is 26.8. The average molecular weight is 626 g/mol. The van der Waals surface area contributed by atoms with Crippen molar-refractivity contribution in [2.24, 2.45) is 0 Å². The summed E-state index contributed by atoms with van der Waals surface area (Å²) in [4.78, 5) is 8.72. The van der Waals surface area contributed by atoms with E-state index in [0.717, 1.165) is 10.0 Å². The summed E-state index contributed by atoms with van der Waals surface area (Å²) >= 11 is 16.2. The molecule has 8 nitrogen and oxygen atoms in total. The number of aromatic nitrogens is 5. The lowest BCUT2D eigenvalue weighted by atomic mass is 10.0. The van der Waals surface area contributed by atoms with Crippen molar-refractivity contribution in [3.05, 3.63) is 98.3 Å². The van der Waals surface area contributed by atoms with Crippen LogP contribution in [-0.2, 0) is 0 Å². The van der Waals surface area contributed by atoms with Gasteiger partial charge < -0.3 is 10.6 Å². The number of rotatable bonds is 7. The highest BCUT2D eigenvalue weighted by molar-refractivity contribution is 9.10. The zero-order chi connectivity index (χ0) is 27.7. The van der Waals surface area contributed by atoms with Gasteiger partial charge in [-0.05, 0) is 71.7 Å². The summed E-state index contributed by atoms with van der Waals surface area (Å²) in [5.41, 5.74) is 3.91. The van der Waals surface area contributed by atoms with Crippen LogP contribution >= 0.6 is 39.1 Å². The molecular formula is C27H20BrCl2FN8. The minimum Gasteiger partial charge on any atom is -0.373 e. The molecule has 0 bridgehead atoms. The summed E-state index contributed by atoms with van der Waals surface area (Å²) in [5, 5.41) is 26.1. The zero-order valence-electron chi connectivity index (χ0n) is 20.6. The summed E-state index contributed by atoms with van der Waals surface area (Å²) in [6, 6.07) is 11.6. The van der Waals surface area contributed by atoms with Crippen LogP contribution < -0.4 is 10.6 Å². The maximum Gasteiger partial charge on any atom is 0.141 e. The van der Waals surface area contributed by atoms with E-state index in [1.54, 1.807) is 23.1 Å². The van der Waals surface area contributed by atoms with Crippen molar-refractivity contribution in [2.45, 2.75) is 25.9 Å². The molecule has 0 aliphatic carbocycles. The fraction of sp³-hybridized carbons (Fsp3) is 0.148. The van der Waals surface area contributed by atoms with Crippen molar-refractivity contribution >= 4 is 67.1 Å². The summed E-state index contributed by atoms with van der Waals surface area (Å²) in [7, 11) is 0. The largest absolute Gasteiger partial charge is 0.373 e.